The van der Waals surface area contributed by atoms with Gasteiger partial charge in [0.15, 0.2) is 5.96 Å². The second-order valence-electron chi connectivity index (χ2n) is 5.75. The third kappa shape index (κ3) is 6.85. The third-order valence-corrected chi connectivity index (χ3v) is 4.62. The highest BCUT2D eigenvalue weighted by molar-refractivity contribution is 7.11. The number of rotatable bonds is 10. The van der Waals surface area contributed by atoms with Gasteiger partial charge in [0.2, 0.25) is 0 Å². The largest absolute Gasteiger partial charge is 0.383 e. The van der Waals surface area contributed by atoms with E-state index in [0.29, 0.717) is 6.54 Å². The number of aliphatic imine (C=N–C) groups is 1. The van der Waals surface area contributed by atoms with Crippen LogP contribution in [0.3, 0.4) is 0 Å². The number of nitrogens with zero attached hydrogens (tertiary/aromatic N) is 3. The summed E-state index contributed by atoms with van der Waals surface area (Å²) in [7, 11) is 1.76. The lowest BCUT2D eigenvalue weighted by Crippen LogP contribution is -2.42. The van der Waals surface area contributed by atoms with Gasteiger partial charge in [0.1, 0.15) is 5.01 Å². The van der Waals surface area contributed by atoms with Gasteiger partial charge in [0, 0.05) is 50.4 Å². The molecule has 0 radical (unpaired) electrons. The fourth-order valence-corrected chi connectivity index (χ4v) is 3.12. The Kier molecular flexibility index (Phi) is 7.78. The average Bonchev–Trinajstić information content (AvgIpc) is 3.30. The number of nitrogens with one attached hydrogen (secondary N) is 2. The van der Waals surface area contributed by atoms with Crippen molar-refractivity contribution >= 4 is 17.3 Å². The number of aromatic nitrogens is 1. The molecule has 23 heavy (non-hydrogen) atoms. The van der Waals surface area contributed by atoms with Crippen LogP contribution in [0.5, 0.6) is 0 Å². The summed E-state index contributed by atoms with van der Waals surface area (Å²) in [6, 6.07) is 0.754. The van der Waals surface area contributed by atoms with Gasteiger partial charge < -0.3 is 15.4 Å². The minimum absolute atomic E-state index is 0.629. The Balaban J connectivity index is 1.76. The van der Waals surface area contributed by atoms with Crippen LogP contribution in [0.15, 0.2) is 11.2 Å². The summed E-state index contributed by atoms with van der Waals surface area (Å²) in [5.74, 6) is 0.864. The summed E-state index contributed by atoms with van der Waals surface area (Å²) in [6.45, 7) is 9.37. The normalized spacial score (nSPS) is 15.2. The fraction of sp³-hybridized carbons (Fsp3) is 0.750. The van der Waals surface area contributed by atoms with Crippen LogP contribution in [0, 0.1) is 6.92 Å². The first-order chi connectivity index (χ1) is 11.2. The Morgan fingerprint density at radius 2 is 2.26 bits per heavy atom. The minimum atomic E-state index is 0.629. The molecule has 1 aromatic heterocycles. The number of hydrogen-bond donors (Lipinski definition) is 2. The Morgan fingerprint density at radius 1 is 1.43 bits per heavy atom. The van der Waals surface area contributed by atoms with E-state index in [4.69, 9.17) is 4.74 Å². The van der Waals surface area contributed by atoms with Crippen molar-refractivity contribution in [3.05, 3.63) is 16.1 Å². The summed E-state index contributed by atoms with van der Waals surface area (Å²) in [4.78, 5) is 12.7. The summed E-state index contributed by atoms with van der Waals surface area (Å²) >= 11 is 1.70. The molecule has 2 N–H and O–H groups in total. The molecule has 1 fully saturated rings. The van der Waals surface area contributed by atoms with Gasteiger partial charge in [-0.3, -0.25) is 4.90 Å². The quantitative estimate of drug-likeness (QED) is 0.501. The number of methoxy groups -OCH3 is 1. The summed E-state index contributed by atoms with van der Waals surface area (Å²) < 4.78 is 5.20. The first kappa shape index (κ1) is 18.2. The van der Waals surface area contributed by atoms with E-state index in [1.54, 1.807) is 18.4 Å². The Labute approximate surface area is 143 Å². The number of aryl methyl sites for hydroxylation is 1. The molecule has 1 aliphatic rings. The standard InChI is InChI=1S/C16H29N5OS/c1-4-17-16(20-12-15-19-11-13(2)23-15)18-7-8-21(9-10-22-3)14-5-6-14/h11,14H,4-10,12H2,1-3H3,(H2,17,18,20). The van der Waals surface area contributed by atoms with Crippen LogP contribution in [-0.4, -0.2) is 61.8 Å². The van der Waals surface area contributed by atoms with Gasteiger partial charge in [0.05, 0.1) is 13.2 Å². The van der Waals surface area contributed by atoms with E-state index in [1.165, 1.54) is 17.7 Å². The SMILES string of the molecule is CCNC(=NCc1ncc(C)s1)NCCN(CCOC)C1CC1. The van der Waals surface area contributed by atoms with Crippen molar-refractivity contribution in [1.82, 2.24) is 20.5 Å². The first-order valence-corrected chi connectivity index (χ1v) is 9.21. The van der Waals surface area contributed by atoms with E-state index in [0.717, 1.165) is 49.8 Å². The Hall–Kier alpha value is -1.18. The maximum atomic E-state index is 5.20. The van der Waals surface area contributed by atoms with Crippen LogP contribution in [0.1, 0.15) is 29.7 Å². The molecule has 0 spiro atoms. The molecule has 0 aromatic carbocycles. The second kappa shape index (κ2) is 9.85. The van der Waals surface area contributed by atoms with Crippen molar-refractivity contribution in [2.75, 3.05) is 39.9 Å². The van der Waals surface area contributed by atoms with Gasteiger partial charge in [-0.15, -0.1) is 11.3 Å². The van der Waals surface area contributed by atoms with Crippen molar-refractivity contribution in [1.29, 1.82) is 0 Å². The maximum absolute atomic E-state index is 5.20. The highest BCUT2D eigenvalue weighted by Gasteiger charge is 2.28. The van der Waals surface area contributed by atoms with E-state index in [-0.39, 0.29) is 0 Å². The molecule has 7 heteroatoms. The van der Waals surface area contributed by atoms with Crippen LogP contribution in [0.25, 0.3) is 0 Å². The first-order valence-electron chi connectivity index (χ1n) is 8.39. The molecular formula is C16H29N5OS. The zero-order valence-corrected chi connectivity index (χ0v) is 15.3. The van der Waals surface area contributed by atoms with Gasteiger partial charge in [-0.1, -0.05) is 0 Å². The smallest absolute Gasteiger partial charge is 0.191 e. The summed E-state index contributed by atoms with van der Waals surface area (Å²) in [5.41, 5.74) is 0. The minimum Gasteiger partial charge on any atom is -0.383 e. The predicted octanol–water partition coefficient (Wildman–Crippen LogP) is 1.62. The van der Waals surface area contributed by atoms with Crippen LogP contribution < -0.4 is 10.6 Å². The number of ether oxygens (including phenoxy) is 1. The molecule has 0 aliphatic heterocycles. The van der Waals surface area contributed by atoms with Gasteiger partial charge in [0.25, 0.3) is 0 Å². The Bertz CT molecular complexity index is 487. The van der Waals surface area contributed by atoms with Crippen LogP contribution >= 0.6 is 11.3 Å². The lowest BCUT2D eigenvalue weighted by Gasteiger charge is -2.22. The highest BCUT2D eigenvalue weighted by Crippen LogP contribution is 2.25. The highest BCUT2D eigenvalue weighted by atomic mass is 32.1. The molecule has 0 saturated heterocycles. The third-order valence-electron chi connectivity index (χ3n) is 3.72. The summed E-state index contributed by atoms with van der Waals surface area (Å²) in [5, 5.41) is 7.77. The molecule has 1 saturated carbocycles. The monoisotopic (exact) mass is 339 g/mol. The van der Waals surface area contributed by atoms with E-state index >= 15 is 0 Å². The Morgan fingerprint density at radius 3 is 2.87 bits per heavy atom. The lowest BCUT2D eigenvalue weighted by atomic mass is 10.4. The molecule has 1 aliphatic carbocycles. The molecule has 0 unspecified atom stereocenters. The van der Waals surface area contributed by atoms with Crippen molar-refractivity contribution in [2.24, 2.45) is 4.99 Å². The van der Waals surface area contributed by atoms with Crippen LogP contribution in [-0.2, 0) is 11.3 Å². The average molecular weight is 340 g/mol. The van der Waals surface area contributed by atoms with E-state index in [1.807, 2.05) is 6.20 Å². The maximum Gasteiger partial charge on any atom is 0.191 e. The van der Waals surface area contributed by atoms with Crippen molar-refractivity contribution in [3.8, 4) is 0 Å². The zero-order chi connectivity index (χ0) is 16.5. The van der Waals surface area contributed by atoms with Gasteiger partial charge in [-0.2, -0.15) is 0 Å². The molecule has 0 amide bonds. The molecule has 2 rings (SSSR count). The van der Waals surface area contributed by atoms with Gasteiger partial charge >= 0.3 is 0 Å². The van der Waals surface area contributed by atoms with Gasteiger partial charge in [-0.25, -0.2) is 9.98 Å². The number of hydrogen-bond acceptors (Lipinski definition) is 5. The number of thiazole rings is 1. The molecule has 0 atom stereocenters. The fourth-order valence-electron chi connectivity index (χ4n) is 2.41. The molecule has 1 heterocycles. The molecule has 6 nitrogen and oxygen atoms in total. The molecule has 130 valence electrons. The van der Waals surface area contributed by atoms with E-state index in [9.17, 15) is 0 Å². The molecule has 1 aromatic rings. The van der Waals surface area contributed by atoms with E-state index in [2.05, 4.69) is 39.4 Å². The topological polar surface area (TPSA) is 61.8 Å². The van der Waals surface area contributed by atoms with Crippen molar-refractivity contribution in [3.63, 3.8) is 0 Å². The molecule has 0 bridgehead atoms. The second-order valence-corrected chi connectivity index (χ2v) is 7.07. The van der Waals surface area contributed by atoms with Crippen molar-refractivity contribution < 1.29 is 4.74 Å². The number of guanidine groups is 1. The van der Waals surface area contributed by atoms with Gasteiger partial charge in [-0.05, 0) is 26.7 Å². The lowest BCUT2D eigenvalue weighted by molar-refractivity contribution is 0.144. The summed E-state index contributed by atoms with van der Waals surface area (Å²) in [6.07, 6.45) is 4.54. The van der Waals surface area contributed by atoms with Crippen LogP contribution in [0.2, 0.25) is 0 Å². The van der Waals surface area contributed by atoms with E-state index < -0.39 is 0 Å². The van der Waals surface area contributed by atoms with Crippen LogP contribution in [0.4, 0.5) is 0 Å². The predicted molar refractivity (Wildman–Crippen MR) is 96.1 cm³/mol. The molecular weight excluding hydrogens is 310 g/mol. The van der Waals surface area contributed by atoms with Crippen molar-refractivity contribution in [2.45, 2.75) is 39.3 Å². The zero-order valence-electron chi connectivity index (χ0n) is 14.5.